The number of ether oxygens (including phenoxy) is 1. The predicted molar refractivity (Wildman–Crippen MR) is 135 cm³/mol. The summed E-state index contributed by atoms with van der Waals surface area (Å²) < 4.78 is 20.8. The van der Waals surface area contributed by atoms with Gasteiger partial charge in [-0.15, -0.1) is 0 Å². The van der Waals surface area contributed by atoms with Crippen LogP contribution in [-0.2, 0) is 9.53 Å². The number of aromatic nitrogens is 3. The molecule has 2 amide bonds. The number of pyridine rings is 1. The Balaban J connectivity index is 1.16. The number of likely N-dealkylation sites (tertiary alicyclic amines) is 1. The van der Waals surface area contributed by atoms with E-state index >= 15 is 0 Å². The minimum Gasteiger partial charge on any atom is -0.463 e. The summed E-state index contributed by atoms with van der Waals surface area (Å²) in [6.07, 6.45) is -2.32. The Hall–Kier alpha value is -4.80. The van der Waals surface area contributed by atoms with Crippen LogP contribution >= 0.6 is 0 Å². The van der Waals surface area contributed by atoms with E-state index in [0.29, 0.717) is 0 Å². The summed E-state index contributed by atoms with van der Waals surface area (Å²) in [5.74, 6) is -0.650. The second-order valence-corrected chi connectivity index (χ2v) is 9.23. The zero-order valence-corrected chi connectivity index (χ0v) is 20.0. The third-order valence-electron chi connectivity index (χ3n) is 6.98. The Morgan fingerprint density at radius 2 is 1.71 bits per heavy atom. The van der Waals surface area contributed by atoms with Gasteiger partial charge < -0.3 is 15.2 Å². The largest absolute Gasteiger partial charge is 0.463 e. The highest BCUT2D eigenvalue weighted by molar-refractivity contribution is 5.97. The highest BCUT2D eigenvalue weighted by atomic mass is 19.1. The molecule has 1 saturated heterocycles. The molecular weight excluding hydrogens is 493 g/mol. The van der Waals surface area contributed by atoms with Gasteiger partial charge in [0.05, 0.1) is 18.3 Å². The zero-order chi connectivity index (χ0) is 26.4. The number of alkyl halides is 1. The van der Waals surface area contributed by atoms with Crippen molar-refractivity contribution in [2.75, 3.05) is 18.5 Å². The first-order chi connectivity index (χ1) is 18.4. The van der Waals surface area contributed by atoms with Gasteiger partial charge in [-0.3, -0.25) is 9.69 Å². The maximum Gasteiger partial charge on any atom is 0.432 e. The molecule has 0 bridgehead atoms. The number of amides is 2. The number of nitrogens with one attached hydrogen (secondary N) is 1. The number of hydrogen-bond donors (Lipinski definition) is 2. The number of nitrogens with zero attached hydrogens (tertiary/aromatic N) is 4. The van der Waals surface area contributed by atoms with E-state index in [1.165, 1.54) is 18.3 Å². The van der Waals surface area contributed by atoms with Crippen molar-refractivity contribution in [2.24, 2.45) is 0 Å². The SMILES string of the molecule is O=C(Nc1ccc2c(cnn2C(=O)O)n1)[C@H]1C[C@@H](F)CN1C(=O)OCC1c2ccccc2-c2ccccc21. The van der Waals surface area contributed by atoms with Crippen LogP contribution in [0.4, 0.5) is 19.8 Å². The van der Waals surface area contributed by atoms with Gasteiger partial charge in [0, 0.05) is 12.3 Å². The smallest absolute Gasteiger partial charge is 0.432 e. The molecule has 2 N–H and O–H groups in total. The third-order valence-corrected chi connectivity index (χ3v) is 6.98. The summed E-state index contributed by atoms with van der Waals surface area (Å²) in [5.41, 5.74) is 4.78. The normalized spacial score (nSPS) is 18.3. The molecule has 2 atom stereocenters. The Bertz CT molecular complexity index is 1540. The van der Waals surface area contributed by atoms with E-state index in [9.17, 15) is 18.8 Å². The van der Waals surface area contributed by atoms with E-state index in [4.69, 9.17) is 9.84 Å². The minimum atomic E-state index is -1.38. The van der Waals surface area contributed by atoms with Crippen LogP contribution < -0.4 is 5.32 Å². The van der Waals surface area contributed by atoms with Crippen LogP contribution in [0.15, 0.2) is 66.9 Å². The Morgan fingerprint density at radius 3 is 2.39 bits per heavy atom. The molecule has 2 aliphatic rings. The van der Waals surface area contributed by atoms with E-state index in [1.807, 2.05) is 48.5 Å². The van der Waals surface area contributed by atoms with Gasteiger partial charge >= 0.3 is 12.2 Å². The Kier molecular flexibility index (Phi) is 5.74. The molecule has 38 heavy (non-hydrogen) atoms. The van der Waals surface area contributed by atoms with Crippen molar-refractivity contribution in [3.63, 3.8) is 0 Å². The van der Waals surface area contributed by atoms with Gasteiger partial charge in [0.25, 0.3) is 0 Å². The number of carbonyl (C=O) groups is 3. The van der Waals surface area contributed by atoms with Crippen LogP contribution in [0.5, 0.6) is 0 Å². The summed E-state index contributed by atoms with van der Waals surface area (Å²) in [6.45, 7) is -0.201. The van der Waals surface area contributed by atoms with Crippen LogP contribution in [0, 0.1) is 0 Å². The predicted octanol–water partition coefficient (Wildman–Crippen LogP) is 4.26. The molecule has 11 heteroatoms. The lowest BCUT2D eigenvalue weighted by Crippen LogP contribution is -2.43. The number of halogens is 1. The molecule has 10 nitrogen and oxygen atoms in total. The first kappa shape index (κ1) is 23.6. The first-order valence-corrected chi connectivity index (χ1v) is 12.1. The molecule has 0 spiro atoms. The monoisotopic (exact) mass is 515 g/mol. The molecule has 4 aromatic rings. The van der Waals surface area contributed by atoms with Crippen LogP contribution in [0.1, 0.15) is 23.5 Å². The summed E-state index contributed by atoms with van der Waals surface area (Å²) in [7, 11) is 0. The fraction of sp³-hybridized carbons (Fsp3) is 0.222. The van der Waals surface area contributed by atoms with E-state index in [1.54, 1.807) is 0 Å². The van der Waals surface area contributed by atoms with Gasteiger partial charge in [0.1, 0.15) is 30.2 Å². The maximum absolute atomic E-state index is 14.4. The molecule has 6 rings (SSSR count). The second kappa shape index (κ2) is 9.25. The van der Waals surface area contributed by atoms with E-state index in [-0.39, 0.29) is 42.3 Å². The molecule has 2 aromatic heterocycles. The van der Waals surface area contributed by atoms with Crippen LogP contribution in [0.25, 0.3) is 22.2 Å². The van der Waals surface area contributed by atoms with Crippen LogP contribution in [0.2, 0.25) is 0 Å². The summed E-state index contributed by atoms with van der Waals surface area (Å²) in [4.78, 5) is 42.6. The maximum atomic E-state index is 14.4. The standard InChI is InChI=1S/C27H22FN5O5/c28-15-11-23(25(34)31-24-10-9-22-21(30-24)12-29-33(22)26(35)36)32(13-15)27(37)38-14-20-18-7-3-1-5-16(18)17-6-2-4-8-19(17)20/h1-10,12,15,20,23H,11,13-14H2,(H,35,36)(H,30,31,34)/t15-,23-/m1/s1. The molecule has 1 aliphatic carbocycles. The number of hydrogen-bond acceptors (Lipinski definition) is 6. The molecule has 1 aliphatic heterocycles. The van der Waals surface area contributed by atoms with Crippen LogP contribution in [-0.4, -0.2) is 68.2 Å². The van der Waals surface area contributed by atoms with Crippen molar-refractivity contribution in [2.45, 2.75) is 24.6 Å². The molecule has 2 aromatic carbocycles. The van der Waals surface area contributed by atoms with Crippen molar-refractivity contribution in [3.05, 3.63) is 78.0 Å². The Labute approximate surface area is 215 Å². The fourth-order valence-electron chi connectivity index (χ4n) is 5.26. The lowest BCUT2D eigenvalue weighted by molar-refractivity contribution is -0.120. The average molecular weight is 516 g/mol. The van der Waals surface area contributed by atoms with Crippen molar-refractivity contribution >= 4 is 34.9 Å². The third kappa shape index (κ3) is 4.01. The summed E-state index contributed by atoms with van der Waals surface area (Å²) in [6, 6.07) is 17.6. The van der Waals surface area contributed by atoms with E-state index in [0.717, 1.165) is 31.8 Å². The number of carboxylic acid groups (broad SMARTS) is 1. The van der Waals surface area contributed by atoms with Gasteiger partial charge in [-0.05, 0) is 34.4 Å². The molecule has 0 saturated carbocycles. The molecule has 0 radical (unpaired) electrons. The number of anilines is 1. The molecule has 3 heterocycles. The molecule has 0 unspecified atom stereocenters. The lowest BCUT2D eigenvalue weighted by atomic mass is 9.98. The molecule has 192 valence electrons. The number of fused-ring (bicyclic) bond motifs is 4. The van der Waals surface area contributed by atoms with Gasteiger partial charge in [-0.2, -0.15) is 9.78 Å². The van der Waals surface area contributed by atoms with Crippen molar-refractivity contribution < 1.29 is 28.6 Å². The topological polar surface area (TPSA) is 127 Å². The number of rotatable bonds is 4. The van der Waals surface area contributed by atoms with Gasteiger partial charge in [0.15, 0.2) is 0 Å². The van der Waals surface area contributed by atoms with Crippen molar-refractivity contribution in [3.8, 4) is 11.1 Å². The molecule has 1 fully saturated rings. The van der Waals surface area contributed by atoms with Crippen molar-refractivity contribution in [1.82, 2.24) is 19.7 Å². The summed E-state index contributed by atoms with van der Waals surface area (Å²) >= 11 is 0. The first-order valence-electron chi connectivity index (χ1n) is 12.1. The van der Waals surface area contributed by atoms with E-state index < -0.39 is 30.3 Å². The molecular formula is C27H22FN5O5. The lowest BCUT2D eigenvalue weighted by Gasteiger charge is -2.24. The van der Waals surface area contributed by atoms with Gasteiger partial charge in [-0.25, -0.2) is 19.0 Å². The quantitative estimate of drug-likeness (QED) is 0.416. The van der Waals surface area contributed by atoms with Gasteiger partial charge in [-0.1, -0.05) is 48.5 Å². The van der Waals surface area contributed by atoms with E-state index in [2.05, 4.69) is 15.4 Å². The highest BCUT2D eigenvalue weighted by Gasteiger charge is 2.41. The number of carbonyl (C=O) groups excluding carboxylic acids is 2. The van der Waals surface area contributed by atoms with Crippen LogP contribution in [0.3, 0.4) is 0 Å². The highest BCUT2D eigenvalue weighted by Crippen LogP contribution is 2.44. The second-order valence-electron chi connectivity index (χ2n) is 9.23. The Morgan fingerprint density at radius 1 is 1.03 bits per heavy atom. The van der Waals surface area contributed by atoms with Crippen molar-refractivity contribution in [1.29, 1.82) is 0 Å². The van der Waals surface area contributed by atoms with Gasteiger partial charge in [0.2, 0.25) is 5.91 Å². The zero-order valence-electron chi connectivity index (χ0n) is 20.0. The summed E-state index contributed by atoms with van der Waals surface area (Å²) in [5, 5.41) is 15.5. The number of benzene rings is 2. The minimum absolute atomic E-state index is 0.0560. The fourth-order valence-corrected chi connectivity index (χ4v) is 5.26. The average Bonchev–Trinajstić information content (AvgIpc) is 3.61.